The van der Waals surface area contributed by atoms with Gasteiger partial charge in [-0.05, 0) is 43.7 Å². The van der Waals surface area contributed by atoms with Gasteiger partial charge in [0.2, 0.25) is 0 Å². The minimum absolute atomic E-state index is 0. The quantitative estimate of drug-likeness (QED) is 0.728. The van der Waals surface area contributed by atoms with Crippen molar-refractivity contribution in [2.75, 3.05) is 6.54 Å². The molecule has 5 heteroatoms. The van der Waals surface area contributed by atoms with Crippen LogP contribution in [-0.2, 0) is 6.54 Å². The summed E-state index contributed by atoms with van der Waals surface area (Å²) < 4.78 is 5.92. The molecule has 1 heterocycles. The number of para-hydroxylation sites is 1. The van der Waals surface area contributed by atoms with Crippen LogP contribution in [0.2, 0.25) is 0 Å². The van der Waals surface area contributed by atoms with Crippen molar-refractivity contribution in [3.8, 4) is 0 Å². The fourth-order valence-electron chi connectivity index (χ4n) is 2.90. The highest BCUT2D eigenvalue weighted by molar-refractivity contribution is 5.94. The topological polar surface area (TPSA) is 59.5 Å². The van der Waals surface area contributed by atoms with E-state index < -0.39 is 0 Å². The van der Waals surface area contributed by atoms with Gasteiger partial charge >= 0.3 is 0 Å². The van der Waals surface area contributed by atoms with E-state index in [9.17, 15) is 4.79 Å². The first-order valence-corrected chi connectivity index (χ1v) is 8.22. The lowest BCUT2D eigenvalue weighted by atomic mass is 10.1. The highest BCUT2D eigenvalue weighted by Gasteiger charge is 2.23. The lowest BCUT2D eigenvalue weighted by molar-refractivity contribution is 0.0684. The number of halogens is 1. The zero-order valence-electron chi connectivity index (χ0n) is 14.4. The Kier molecular flexibility index (Phi) is 6.23. The number of nitrogens with two attached hydrogens (primary N) is 1. The summed E-state index contributed by atoms with van der Waals surface area (Å²) in [6, 6.07) is 17.2. The van der Waals surface area contributed by atoms with E-state index in [0.717, 1.165) is 22.3 Å². The van der Waals surface area contributed by atoms with Crippen molar-refractivity contribution in [3.05, 3.63) is 71.5 Å². The molecule has 1 amide bonds. The van der Waals surface area contributed by atoms with Crippen molar-refractivity contribution in [3.63, 3.8) is 0 Å². The predicted molar refractivity (Wildman–Crippen MR) is 103 cm³/mol. The van der Waals surface area contributed by atoms with E-state index in [-0.39, 0.29) is 24.4 Å². The first-order valence-electron chi connectivity index (χ1n) is 8.22. The lowest BCUT2D eigenvalue weighted by Crippen LogP contribution is -2.33. The largest absolute Gasteiger partial charge is 0.459 e. The van der Waals surface area contributed by atoms with Crippen molar-refractivity contribution in [2.45, 2.75) is 26.4 Å². The summed E-state index contributed by atoms with van der Waals surface area (Å²) in [5, 5.41) is 1.05. The Morgan fingerprint density at radius 1 is 1.16 bits per heavy atom. The maximum absolute atomic E-state index is 12.9. The van der Waals surface area contributed by atoms with Gasteiger partial charge < -0.3 is 15.1 Å². The van der Waals surface area contributed by atoms with Gasteiger partial charge in [-0.25, -0.2) is 0 Å². The van der Waals surface area contributed by atoms with E-state index in [0.29, 0.717) is 18.7 Å². The molecule has 0 aliphatic rings. The first kappa shape index (κ1) is 19.0. The molecular weight excluding hydrogens is 336 g/mol. The van der Waals surface area contributed by atoms with Gasteiger partial charge in [-0.3, -0.25) is 4.79 Å². The zero-order chi connectivity index (χ0) is 17.1. The Morgan fingerprint density at radius 2 is 1.84 bits per heavy atom. The molecular formula is C20H23ClN2O2. The molecule has 2 N–H and O–H groups in total. The number of hydrogen-bond donors (Lipinski definition) is 1. The standard InChI is InChI=1S/C20H22N2O2.ClH/c1-3-22(20(23)16-10-8-15(13-21)9-11-16)14(2)19-12-17-6-4-5-7-18(17)24-19;/h4-12,14H,3,13,21H2,1-2H3;1H. The second kappa shape index (κ2) is 8.19. The number of amides is 1. The number of nitrogens with zero attached hydrogens (tertiary/aromatic N) is 1. The summed E-state index contributed by atoms with van der Waals surface area (Å²) in [6.07, 6.45) is 0. The van der Waals surface area contributed by atoms with Crippen LogP contribution in [0, 0.1) is 0 Å². The fraction of sp³-hybridized carbons (Fsp3) is 0.250. The normalized spacial score (nSPS) is 11.8. The van der Waals surface area contributed by atoms with Crippen LogP contribution in [0.4, 0.5) is 0 Å². The van der Waals surface area contributed by atoms with Crippen molar-refractivity contribution >= 4 is 29.3 Å². The van der Waals surface area contributed by atoms with Crippen molar-refractivity contribution in [1.82, 2.24) is 4.90 Å². The fourth-order valence-corrected chi connectivity index (χ4v) is 2.90. The first-order chi connectivity index (χ1) is 11.6. The van der Waals surface area contributed by atoms with Crippen LogP contribution in [0.25, 0.3) is 11.0 Å². The third-order valence-corrected chi connectivity index (χ3v) is 4.36. The summed E-state index contributed by atoms with van der Waals surface area (Å²) in [7, 11) is 0. The molecule has 2 aromatic carbocycles. The van der Waals surface area contributed by atoms with Gasteiger partial charge in [0.25, 0.3) is 5.91 Å². The lowest BCUT2D eigenvalue weighted by Gasteiger charge is -2.26. The summed E-state index contributed by atoms with van der Waals surface area (Å²) in [6.45, 7) is 5.05. The Labute approximate surface area is 154 Å². The smallest absolute Gasteiger partial charge is 0.254 e. The molecule has 0 radical (unpaired) electrons. The molecule has 0 saturated heterocycles. The molecule has 1 atom stereocenters. The third-order valence-electron chi connectivity index (χ3n) is 4.36. The minimum atomic E-state index is -0.135. The van der Waals surface area contributed by atoms with Crippen LogP contribution in [0.3, 0.4) is 0 Å². The number of benzene rings is 2. The van der Waals surface area contributed by atoms with E-state index in [1.165, 1.54) is 0 Å². The summed E-state index contributed by atoms with van der Waals surface area (Å²) in [4.78, 5) is 14.7. The minimum Gasteiger partial charge on any atom is -0.459 e. The number of furan rings is 1. The molecule has 4 nitrogen and oxygen atoms in total. The molecule has 0 saturated carbocycles. The molecule has 3 rings (SSSR count). The third kappa shape index (κ3) is 3.86. The Bertz CT molecular complexity index is 809. The number of carbonyl (C=O) groups is 1. The molecule has 132 valence electrons. The number of carbonyl (C=O) groups excluding carboxylic acids is 1. The van der Waals surface area contributed by atoms with Gasteiger partial charge in [-0.1, -0.05) is 30.3 Å². The van der Waals surface area contributed by atoms with Crippen LogP contribution in [0.1, 0.15) is 41.6 Å². The number of rotatable bonds is 5. The molecule has 0 bridgehead atoms. The molecule has 0 fully saturated rings. The van der Waals surface area contributed by atoms with E-state index in [1.54, 1.807) is 0 Å². The van der Waals surface area contributed by atoms with Crippen LogP contribution in [0.5, 0.6) is 0 Å². The molecule has 1 aromatic heterocycles. The Morgan fingerprint density at radius 3 is 2.44 bits per heavy atom. The summed E-state index contributed by atoms with van der Waals surface area (Å²) in [5.41, 5.74) is 8.14. The highest BCUT2D eigenvalue weighted by atomic mass is 35.5. The van der Waals surface area contributed by atoms with Crippen LogP contribution in [-0.4, -0.2) is 17.4 Å². The van der Waals surface area contributed by atoms with Crippen molar-refractivity contribution < 1.29 is 9.21 Å². The average Bonchev–Trinajstić information content (AvgIpc) is 3.06. The van der Waals surface area contributed by atoms with Gasteiger partial charge in [-0.15, -0.1) is 12.4 Å². The van der Waals surface area contributed by atoms with Gasteiger partial charge in [0.15, 0.2) is 0 Å². The monoisotopic (exact) mass is 358 g/mol. The Hall–Kier alpha value is -2.30. The van der Waals surface area contributed by atoms with Gasteiger partial charge in [0, 0.05) is 24.0 Å². The average molecular weight is 359 g/mol. The van der Waals surface area contributed by atoms with E-state index in [1.807, 2.05) is 73.3 Å². The SMILES string of the molecule is CCN(C(=O)c1ccc(CN)cc1)C(C)c1cc2ccccc2o1.Cl. The van der Waals surface area contributed by atoms with Crippen molar-refractivity contribution in [1.29, 1.82) is 0 Å². The molecule has 3 aromatic rings. The van der Waals surface area contributed by atoms with E-state index in [2.05, 4.69) is 0 Å². The maximum Gasteiger partial charge on any atom is 0.254 e. The molecule has 25 heavy (non-hydrogen) atoms. The van der Waals surface area contributed by atoms with Crippen LogP contribution in [0.15, 0.2) is 59.0 Å². The molecule has 0 aliphatic carbocycles. The van der Waals surface area contributed by atoms with Gasteiger partial charge in [-0.2, -0.15) is 0 Å². The van der Waals surface area contributed by atoms with Gasteiger partial charge in [0.1, 0.15) is 11.3 Å². The van der Waals surface area contributed by atoms with Crippen LogP contribution < -0.4 is 5.73 Å². The zero-order valence-corrected chi connectivity index (χ0v) is 15.3. The number of hydrogen-bond acceptors (Lipinski definition) is 3. The highest BCUT2D eigenvalue weighted by Crippen LogP contribution is 2.28. The van der Waals surface area contributed by atoms with Crippen molar-refractivity contribution in [2.24, 2.45) is 5.73 Å². The Balaban J connectivity index is 0.00000225. The molecule has 0 spiro atoms. The van der Waals surface area contributed by atoms with E-state index in [4.69, 9.17) is 10.2 Å². The number of fused-ring (bicyclic) bond motifs is 1. The van der Waals surface area contributed by atoms with E-state index >= 15 is 0 Å². The van der Waals surface area contributed by atoms with Gasteiger partial charge in [0.05, 0.1) is 6.04 Å². The molecule has 0 aliphatic heterocycles. The second-order valence-corrected chi connectivity index (χ2v) is 5.85. The maximum atomic E-state index is 12.9. The second-order valence-electron chi connectivity index (χ2n) is 5.85. The van der Waals surface area contributed by atoms with Crippen LogP contribution >= 0.6 is 12.4 Å². The summed E-state index contributed by atoms with van der Waals surface area (Å²) >= 11 is 0. The molecule has 1 unspecified atom stereocenters. The summed E-state index contributed by atoms with van der Waals surface area (Å²) in [5.74, 6) is 0.791. The predicted octanol–water partition coefficient (Wildman–Crippen LogP) is 4.54.